The molecular weight excluding hydrogens is 182 g/mol. The minimum absolute atomic E-state index is 0.386. The number of nitrogens with one attached hydrogen (secondary N) is 1. The van der Waals surface area contributed by atoms with E-state index < -0.39 is 11.8 Å². The molecule has 1 rings (SSSR count). The summed E-state index contributed by atoms with van der Waals surface area (Å²) in [6.07, 6.45) is 4.27. The van der Waals surface area contributed by atoms with Gasteiger partial charge in [-0.2, -0.15) is 5.10 Å². The molecule has 0 aromatic heterocycles. The van der Waals surface area contributed by atoms with Gasteiger partial charge in [0.25, 0.3) is 0 Å². The standard InChI is InChI=1S/C9H15N3O2/c1-6-4-2-3-5-7(6)11-12-9(14)8(10)13/h6H,2-5H2,1H3,(H2,10,13)(H,12,14)/b11-7+. The van der Waals surface area contributed by atoms with E-state index in [1.165, 1.54) is 6.42 Å². The number of hydrogen-bond acceptors (Lipinski definition) is 3. The van der Waals surface area contributed by atoms with Gasteiger partial charge in [-0.05, 0) is 25.2 Å². The predicted octanol–water partition coefficient (Wildman–Crippen LogP) is 0.154. The first-order valence-corrected chi connectivity index (χ1v) is 4.77. The lowest BCUT2D eigenvalue weighted by atomic mass is 9.89. The molecule has 0 spiro atoms. The van der Waals surface area contributed by atoms with Crippen LogP contribution in [0.25, 0.3) is 0 Å². The van der Waals surface area contributed by atoms with Gasteiger partial charge in [0.1, 0.15) is 0 Å². The minimum Gasteiger partial charge on any atom is -0.361 e. The summed E-state index contributed by atoms with van der Waals surface area (Å²) < 4.78 is 0. The number of rotatable bonds is 1. The van der Waals surface area contributed by atoms with E-state index in [1.807, 2.05) is 0 Å². The van der Waals surface area contributed by atoms with Gasteiger partial charge in [0.2, 0.25) is 0 Å². The van der Waals surface area contributed by atoms with Crippen molar-refractivity contribution in [1.29, 1.82) is 0 Å². The van der Waals surface area contributed by atoms with E-state index >= 15 is 0 Å². The molecule has 14 heavy (non-hydrogen) atoms. The third kappa shape index (κ3) is 2.83. The van der Waals surface area contributed by atoms with E-state index in [4.69, 9.17) is 5.73 Å². The van der Waals surface area contributed by atoms with Crippen LogP contribution in [0.1, 0.15) is 32.6 Å². The second kappa shape index (κ2) is 4.74. The maximum Gasteiger partial charge on any atom is 0.329 e. The molecule has 0 saturated heterocycles. The van der Waals surface area contributed by atoms with Crippen molar-refractivity contribution in [2.75, 3.05) is 0 Å². The van der Waals surface area contributed by atoms with Crippen LogP contribution >= 0.6 is 0 Å². The Morgan fingerprint density at radius 2 is 2.21 bits per heavy atom. The lowest BCUT2D eigenvalue weighted by Gasteiger charge is -2.19. The normalized spacial score (nSPS) is 24.6. The Hall–Kier alpha value is -1.39. The zero-order chi connectivity index (χ0) is 10.6. The maximum atomic E-state index is 10.8. The number of carbonyl (C=O) groups excluding carboxylic acids is 2. The number of hydrogen-bond donors (Lipinski definition) is 2. The van der Waals surface area contributed by atoms with Gasteiger partial charge in [0, 0.05) is 5.71 Å². The summed E-state index contributed by atoms with van der Waals surface area (Å²) in [7, 11) is 0. The van der Waals surface area contributed by atoms with Crippen LogP contribution in [0.5, 0.6) is 0 Å². The number of primary amides is 1. The van der Waals surface area contributed by atoms with Gasteiger partial charge >= 0.3 is 11.8 Å². The van der Waals surface area contributed by atoms with E-state index in [0.29, 0.717) is 5.92 Å². The number of nitrogens with two attached hydrogens (primary N) is 1. The topological polar surface area (TPSA) is 84.6 Å². The molecule has 1 unspecified atom stereocenters. The molecule has 5 nitrogen and oxygen atoms in total. The highest BCUT2D eigenvalue weighted by Gasteiger charge is 2.16. The summed E-state index contributed by atoms with van der Waals surface area (Å²) in [5.41, 5.74) is 7.87. The summed E-state index contributed by atoms with van der Waals surface area (Å²) in [6.45, 7) is 2.06. The van der Waals surface area contributed by atoms with Crippen LogP contribution in [-0.2, 0) is 9.59 Å². The molecule has 1 atom stereocenters. The van der Waals surface area contributed by atoms with E-state index in [2.05, 4.69) is 17.5 Å². The Morgan fingerprint density at radius 3 is 2.79 bits per heavy atom. The van der Waals surface area contributed by atoms with Crippen molar-refractivity contribution in [3.05, 3.63) is 0 Å². The van der Waals surface area contributed by atoms with Crippen LogP contribution < -0.4 is 11.2 Å². The van der Waals surface area contributed by atoms with E-state index in [9.17, 15) is 9.59 Å². The smallest absolute Gasteiger partial charge is 0.329 e. The zero-order valence-corrected chi connectivity index (χ0v) is 8.25. The second-order valence-electron chi connectivity index (χ2n) is 3.56. The maximum absolute atomic E-state index is 10.8. The van der Waals surface area contributed by atoms with E-state index in [0.717, 1.165) is 25.0 Å². The second-order valence-corrected chi connectivity index (χ2v) is 3.56. The van der Waals surface area contributed by atoms with Crippen LogP contribution in [0.2, 0.25) is 0 Å². The quantitative estimate of drug-likeness (QED) is 0.463. The Bertz CT molecular complexity index is 273. The molecule has 0 aliphatic heterocycles. The van der Waals surface area contributed by atoms with Crippen molar-refractivity contribution in [1.82, 2.24) is 5.43 Å². The summed E-state index contributed by atoms with van der Waals surface area (Å²) in [5.74, 6) is -1.47. The Balaban J connectivity index is 2.50. The van der Waals surface area contributed by atoms with Crippen LogP contribution in [0.3, 0.4) is 0 Å². The number of hydrazone groups is 1. The molecule has 3 N–H and O–H groups in total. The third-order valence-corrected chi connectivity index (χ3v) is 2.41. The Kier molecular flexibility index (Phi) is 3.62. The lowest BCUT2D eigenvalue weighted by Crippen LogP contribution is -2.34. The first-order valence-electron chi connectivity index (χ1n) is 4.77. The molecule has 0 heterocycles. The molecule has 0 radical (unpaired) electrons. The minimum atomic E-state index is -1.00. The molecule has 0 aromatic rings. The van der Waals surface area contributed by atoms with Crippen molar-refractivity contribution < 1.29 is 9.59 Å². The van der Waals surface area contributed by atoms with Crippen LogP contribution in [-0.4, -0.2) is 17.5 Å². The highest BCUT2D eigenvalue weighted by atomic mass is 16.2. The summed E-state index contributed by atoms with van der Waals surface area (Å²) in [4.78, 5) is 21.2. The highest BCUT2D eigenvalue weighted by Crippen LogP contribution is 2.20. The molecule has 0 bridgehead atoms. The van der Waals surface area contributed by atoms with Gasteiger partial charge < -0.3 is 5.73 Å². The Morgan fingerprint density at radius 1 is 1.50 bits per heavy atom. The highest BCUT2D eigenvalue weighted by molar-refractivity contribution is 6.34. The first kappa shape index (κ1) is 10.7. The predicted molar refractivity (Wildman–Crippen MR) is 52.4 cm³/mol. The molecule has 1 aliphatic carbocycles. The molecule has 78 valence electrons. The summed E-state index contributed by atoms with van der Waals surface area (Å²) in [5, 5.41) is 3.90. The van der Waals surface area contributed by atoms with Crippen molar-refractivity contribution in [2.24, 2.45) is 16.8 Å². The van der Waals surface area contributed by atoms with Gasteiger partial charge in [-0.1, -0.05) is 13.3 Å². The van der Waals surface area contributed by atoms with Gasteiger partial charge in [0.15, 0.2) is 0 Å². The van der Waals surface area contributed by atoms with Gasteiger partial charge in [-0.3, -0.25) is 9.59 Å². The fraction of sp³-hybridized carbons (Fsp3) is 0.667. The van der Waals surface area contributed by atoms with Gasteiger partial charge in [-0.25, -0.2) is 5.43 Å². The number of nitrogens with zero attached hydrogens (tertiary/aromatic N) is 1. The molecular formula is C9H15N3O2. The average molecular weight is 197 g/mol. The lowest BCUT2D eigenvalue weighted by molar-refractivity contribution is -0.137. The molecule has 2 amide bonds. The molecule has 1 aliphatic rings. The fourth-order valence-corrected chi connectivity index (χ4v) is 1.51. The largest absolute Gasteiger partial charge is 0.361 e. The first-order chi connectivity index (χ1) is 6.61. The molecule has 1 saturated carbocycles. The molecule has 5 heteroatoms. The summed E-state index contributed by atoms with van der Waals surface area (Å²) in [6, 6.07) is 0. The van der Waals surface area contributed by atoms with Gasteiger partial charge in [-0.15, -0.1) is 0 Å². The van der Waals surface area contributed by atoms with Gasteiger partial charge in [0.05, 0.1) is 0 Å². The van der Waals surface area contributed by atoms with E-state index in [-0.39, 0.29) is 0 Å². The number of amides is 2. The fourth-order valence-electron chi connectivity index (χ4n) is 1.51. The monoisotopic (exact) mass is 197 g/mol. The van der Waals surface area contributed by atoms with Crippen molar-refractivity contribution in [2.45, 2.75) is 32.6 Å². The SMILES string of the molecule is CC1CCCC/C1=N\NC(=O)C(N)=O. The summed E-state index contributed by atoms with van der Waals surface area (Å²) >= 11 is 0. The van der Waals surface area contributed by atoms with Crippen molar-refractivity contribution in [3.63, 3.8) is 0 Å². The zero-order valence-electron chi connectivity index (χ0n) is 8.25. The molecule has 0 aromatic carbocycles. The van der Waals surface area contributed by atoms with E-state index in [1.54, 1.807) is 0 Å². The van der Waals surface area contributed by atoms with Crippen LogP contribution in [0.4, 0.5) is 0 Å². The van der Waals surface area contributed by atoms with Crippen molar-refractivity contribution in [3.8, 4) is 0 Å². The van der Waals surface area contributed by atoms with Crippen LogP contribution in [0, 0.1) is 5.92 Å². The Labute approximate surface area is 82.7 Å². The van der Waals surface area contributed by atoms with Crippen LogP contribution in [0.15, 0.2) is 5.10 Å². The van der Waals surface area contributed by atoms with Crippen molar-refractivity contribution >= 4 is 17.5 Å². The number of carbonyl (C=O) groups is 2. The molecule has 1 fully saturated rings. The third-order valence-electron chi connectivity index (χ3n) is 2.41. The average Bonchev–Trinajstić information content (AvgIpc) is 2.16.